The van der Waals surface area contributed by atoms with Crippen LogP contribution in [0.2, 0.25) is 5.02 Å². The van der Waals surface area contributed by atoms with Crippen LogP contribution in [0.4, 0.5) is 11.5 Å². The quantitative estimate of drug-likeness (QED) is 0.879. The molecule has 2 aromatic rings. The topological polar surface area (TPSA) is 59.2 Å². The van der Waals surface area contributed by atoms with E-state index in [4.69, 9.17) is 17.3 Å². The van der Waals surface area contributed by atoms with Crippen molar-refractivity contribution in [3.63, 3.8) is 0 Å². The number of nitrogens with zero attached hydrogens (tertiary/aromatic N) is 2. The Bertz CT molecular complexity index is 702. The van der Waals surface area contributed by atoms with E-state index in [0.29, 0.717) is 10.8 Å². The number of benzene rings is 1. The molecule has 0 spiro atoms. The molecule has 108 valence electrons. The average molecular weight is 302 g/mol. The Hall–Kier alpha value is -2.07. The summed E-state index contributed by atoms with van der Waals surface area (Å²) in [5.74, 6) is 0.0904. The van der Waals surface area contributed by atoms with E-state index in [0.717, 1.165) is 18.5 Å². The molecule has 2 N–H and O–H groups in total. The summed E-state index contributed by atoms with van der Waals surface area (Å²) in [6, 6.07) is 11.2. The number of carbonyl (C=O) groups excluding carboxylic acids is 1. The number of halogens is 1. The molecule has 0 saturated heterocycles. The summed E-state index contributed by atoms with van der Waals surface area (Å²) >= 11 is 6.12. The Labute approximate surface area is 128 Å². The SMILES string of the molecule is CC1CCc2ccccc2N1C(=O)c1nc(N)ccc1Cl. The fraction of sp³-hybridized carbons (Fsp3) is 0.250. The molecule has 2 heterocycles. The van der Waals surface area contributed by atoms with Crippen LogP contribution in [0.25, 0.3) is 0 Å². The fourth-order valence-electron chi connectivity index (χ4n) is 2.72. The number of amides is 1. The molecule has 0 aliphatic carbocycles. The second kappa shape index (κ2) is 5.37. The zero-order valence-corrected chi connectivity index (χ0v) is 12.5. The Kier molecular flexibility index (Phi) is 3.55. The first kappa shape index (κ1) is 13.9. The third-order valence-electron chi connectivity index (χ3n) is 3.81. The molecule has 1 amide bonds. The predicted molar refractivity (Wildman–Crippen MR) is 84.7 cm³/mol. The lowest BCUT2D eigenvalue weighted by atomic mass is 9.96. The van der Waals surface area contributed by atoms with Crippen LogP contribution in [0.3, 0.4) is 0 Å². The average Bonchev–Trinajstić information content (AvgIpc) is 2.49. The van der Waals surface area contributed by atoms with Crippen molar-refractivity contribution in [2.24, 2.45) is 0 Å². The third-order valence-corrected chi connectivity index (χ3v) is 4.12. The van der Waals surface area contributed by atoms with Gasteiger partial charge in [-0.3, -0.25) is 4.79 Å². The van der Waals surface area contributed by atoms with Crippen molar-refractivity contribution in [2.45, 2.75) is 25.8 Å². The van der Waals surface area contributed by atoms with Crippen molar-refractivity contribution >= 4 is 29.0 Å². The van der Waals surface area contributed by atoms with E-state index in [2.05, 4.69) is 11.1 Å². The number of hydrogen-bond donors (Lipinski definition) is 1. The van der Waals surface area contributed by atoms with Crippen LogP contribution in [0, 0.1) is 0 Å². The molecule has 4 nitrogen and oxygen atoms in total. The molecule has 0 bridgehead atoms. The number of nitrogens with two attached hydrogens (primary N) is 1. The number of pyridine rings is 1. The first-order chi connectivity index (χ1) is 10.1. The molecule has 3 rings (SSSR count). The smallest absolute Gasteiger partial charge is 0.278 e. The minimum absolute atomic E-state index is 0.103. The lowest BCUT2D eigenvalue weighted by molar-refractivity contribution is 0.0970. The standard InChI is InChI=1S/C16H16ClN3O/c1-10-6-7-11-4-2-3-5-13(11)20(10)16(21)15-12(17)8-9-14(18)19-15/h2-5,8-10H,6-7H2,1H3,(H2,18,19). The van der Waals surface area contributed by atoms with Crippen LogP contribution in [-0.2, 0) is 6.42 Å². The minimum atomic E-state index is -0.202. The zero-order valence-electron chi connectivity index (χ0n) is 11.7. The molecule has 1 aromatic heterocycles. The lowest BCUT2D eigenvalue weighted by Crippen LogP contribution is -2.42. The number of nitrogen functional groups attached to an aromatic ring is 1. The van der Waals surface area contributed by atoms with Crippen LogP contribution in [0.5, 0.6) is 0 Å². The van der Waals surface area contributed by atoms with Gasteiger partial charge in [0.25, 0.3) is 5.91 Å². The monoisotopic (exact) mass is 301 g/mol. The second-order valence-electron chi connectivity index (χ2n) is 5.26. The van der Waals surface area contributed by atoms with Gasteiger partial charge in [-0.05, 0) is 43.5 Å². The normalized spacial score (nSPS) is 17.4. The fourth-order valence-corrected chi connectivity index (χ4v) is 2.91. The summed E-state index contributed by atoms with van der Waals surface area (Å²) < 4.78 is 0. The summed E-state index contributed by atoms with van der Waals surface area (Å²) in [5.41, 5.74) is 7.99. The highest BCUT2D eigenvalue weighted by Crippen LogP contribution is 2.32. The van der Waals surface area contributed by atoms with E-state index in [1.54, 1.807) is 17.0 Å². The number of fused-ring (bicyclic) bond motifs is 1. The van der Waals surface area contributed by atoms with Crippen molar-refractivity contribution in [1.82, 2.24) is 4.98 Å². The van der Waals surface area contributed by atoms with Crippen molar-refractivity contribution in [3.05, 3.63) is 52.7 Å². The van der Waals surface area contributed by atoms with Crippen LogP contribution in [0.15, 0.2) is 36.4 Å². The zero-order chi connectivity index (χ0) is 15.0. The molecule has 0 fully saturated rings. The number of hydrogen-bond acceptors (Lipinski definition) is 3. The van der Waals surface area contributed by atoms with Gasteiger partial charge in [0.15, 0.2) is 0 Å². The molecule has 1 aliphatic heterocycles. The van der Waals surface area contributed by atoms with Crippen LogP contribution < -0.4 is 10.6 Å². The molecule has 5 heteroatoms. The minimum Gasteiger partial charge on any atom is -0.384 e. The summed E-state index contributed by atoms with van der Waals surface area (Å²) in [5, 5.41) is 0.324. The van der Waals surface area contributed by atoms with E-state index in [1.165, 1.54) is 5.56 Å². The van der Waals surface area contributed by atoms with Gasteiger partial charge in [-0.25, -0.2) is 4.98 Å². The maximum Gasteiger partial charge on any atom is 0.278 e. The number of aryl methyl sites for hydroxylation is 1. The van der Waals surface area contributed by atoms with Gasteiger partial charge >= 0.3 is 0 Å². The van der Waals surface area contributed by atoms with Crippen molar-refractivity contribution in [2.75, 3.05) is 10.6 Å². The molecule has 1 atom stereocenters. The first-order valence-electron chi connectivity index (χ1n) is 6.91. The van der Waals surface area contributed by atoms with Crippen LogP contribution >= 0.6 is 11.6 Å². The Balaban J connectivity index is 2.07. The second-order valence-corrected chi connectivity index (χ2v) is 5.67. The van der Waals surface area contributed by atoms with E-state index in [1.807, 2.05) is 25.1 Å². The number of anilines is 2. The highest BCUT2D eigenvalue weighted by molar-refractivity contribution is 6.34. The Morgan fingerprint density at radius 1 is 1.33 bits per heavy atom. The first-order valence-corrected chi connectivity index (χ1v) is 7.29. The number of carbonyl (C=O) groups is 1. The van der Waals surface area contributed by atoms with Gasteiger partial charge in [-0.15, -0.1) is 0 Å². The van der Waals surface area contributed by atoms with Crippen LogP contribution in [0.1, 0.15) is 29.4 Å². The third kappa shape index (κ3) is 2.47. The van der Waals surface area contributed by atoms with Crippen molar-refractivity contribution in [1.29, 1.82) is 0 Å². The van der Waals surface area contributed by atoms with Gasteiger partial charge in [0, 0.05) is 11.7 Å². The maximum absolute atomic E-state index is 12.9. The number of rotatable bonds is 1. The largest absolute Gasteiger partial charge is 0.384 e. The molecule has 1 unspecified atom stereocenters. The van der Waals surface area contributed by atoms with Gasteiger partial charge < -0.3 is 10.6 Å². The summed E-state index contributed by atoms with van der Waals surface area (Å²) in [6.45, 7) is 2.04. The number of aromatic nitrogens is 1. The predicted octanol–water partition coefficient (Wildman–Crippen LogP) is 3.30. The summed E-state index contributed by atoms with van der Waals surface area (Å²) in [7, 11) is 0. The van der Waals surface area contributed by atoms with Crippen molar-refractivity contribution in [3.8, 4) is 0 Å². The van der Waals surface area contributed by atoms with Gasteiger partial charge in [-0.1, -0.05) is 29.8 Å². The number of para-hydroxylation sites is 1. The highest BCUT2D eigenvalue weighted by atomic mass is 35.5. The van der Waals surface area contributed by atoms with E-state index in [-0.39, 0.29) is 17.6 Å². The van der Waals surface area contributed by atoms with E-state index < -0.39 is 0 Å². The van der Waals surface area contributed by atoms with Gasteiger partial charge in [0.05, 0.1) is 5.02 Å². The Morgan fingerprint density at radius 2 is 2.10 bits per heavy atom. The van der Waals surface area contributed by atoms with Gasteiger partial charge in [0.2, 0.25) is 0 Å². The maximum atomic E-state index is 12.9. The van der Waals surface area contributed by atoms with Gasteiger partial charge in [0.1, 0.15) is 11.5 Å². The van der Waals surface area contributed by atoms with Gasteiger partial charge in [-0.2, -0.15) is 0 Å². The molecule has 0 saturated carbocycles. The van der Waals surface area contributed by atoms with E-state index in [9.17, 15) is 4.79 Å². The molecular weight excluding hydrogens is 286 g/mol. The molecule has 21 heavy (non-hydrogen) atoms. The van der Waals surface area contributed by atoms with Crippen molar-refractivity contribution < 1.29 is 4.79 Å². The molecule has 0 radical (unpaired) electrons. The lowest BCUT2D eigenvalue weighted by Gasteiger charge is -2.35. The Morgan fingerprint density at radius 3 is 2.90 bits per heavy atom. The molecular formula is C16H16ClN3O. The summed E-state index contributed by atoms with van der Waals surface area (Å²) in [6.07, 6.45) is 1.89. The van der Waals surface area contributed by atoms with Crippen LogP contribution in [-0.4, -0.2) is 16.9 Å². The highest BCUT2D eigenvalue weighted by Gasteiger charge is 2.30. The molecule has 1 aliphatic rings. The van der Waals surface area contributed by atoms with E-state index >= 15 is 0 Å². The molecule has 1 aromatic carbocycles. The summed E-state index contributed by atoms with van der Waals surface area (Å²) in [4.78, 5) is 18.7.